The van der Waals surface area contributed by atoms with Crippen LogP contribution in [0.4, 0.5) is 0 Å². The van der Waals surface area contributed by atoms with Crippen LogP contribution in [0.15, 0.2) is 20.1 Å². The molecule has 1 aliphatic heterocycles. The first-order chi connectivity index (χ1) is 8.50. The number of hydrogen-bond donors (Lipinski definition) is 1. The number of aliphatic hydroxyl groups excluding tert-OH is 1. The van der Waals surface area contributed by atoms with Crippen LogP contribution in [-0.4, -0.2) is 37.0 Å². The predicted octanol–water partition coefficient (Wildman–Crippen LogP) is 1.90. The Hall–Kier alpha value is 0.0500. The van der Waals surface area contributed by atoms with Crippen LogP contribution in [0, 0.1) is 11.8 Å². The summed E-state index contributed by atoms with van der Waals surface area (Å²) in [5.74, 6) is 0.451. The Morgan fingerprint density at radius 1 is 1.39 bits per heavy atom. The van der Waals surface area contributed by atoms with E-state index >= 15 is 0 Å². The molecule has 18 heavy (non-hydrogen) atoms. The molecule has 2 heterocycles. The molecule has 1 saturated heterocycles. The summed E-state index contributed by atoms with van der Waals surface area (Å²) in [7, 11) is -3.40. The van der Waals surface area contributed by atoms with E-state index in [4.69, 9.17) is 0 Å². The summed E-state index contributed by atoms with van der Waals surface area (Å²) in [6.45, 7) is 1.01. The first kappa shape index (κ1) is 13.1. The van der Waals surface area contributed by atoms with Gasteiger partial charge in [-0.3, -0.25) is 0 Å². The van der Waals surface area contributed by atoms with Gasteiger partial charge in [-0.25, -0.2) is 8.42 Å². The predicted molar refractivity (Wildman–Crippen MR) is 73.0 cm³/mol. The van der Waals surface area contributed by atoms with Crippen LogP contribution in [-0.2, 0) is 10.0 Å². The molecule has 3 rings (SSSR count). The second-order valence-corrected chi connectivity index (χ2v) is 8.85. The number of thiophene rings is 1. The molecule has 4 nitrogen and oxygen atoms in total. The Bertz CT molecular complexity index is 556. The Kier molecular flexibility index (Phi) is 3.30. The lowest BCUT2D eigenvalue weighted by Gasteiger charge is -2.17. The van der Waals surface area contributed by atoms with Gasteiger partial charge in [0.25, 0.3) is 10.0 Å². The third-order valence-corrected chi connectivity index (χ3v) is 8.42. The van der Waals surface area contributed by atoms with Crippen LogP contribution in [0.1, 0.15) is 12.8 Å². The van der Waals surface area contributed by atoms with Crippen molar-refractivity contribution in [1.29, 1.82) is 0 Å². The van der Waals surface area contributed by atoms with Crippen LogP contribution in [0.2, 0.25) is 0 Å². The normalized spacial score (nSPS) is 32.9. The number of rotatable bonds is 2. The molecular weight excluding hydrogens is 338 g/mol. The second-order valence-electron chi connectivity index (χ2n) is 4.95. The lowest BCUT2D eigenvalue weighted by atomic mass is 10.00. The van der Waals surface area contributed by atoms with Crippen molar-refractivity contribution in [2.75, 3.05) is 13.1 Å². The SMILES string of the molecule is O=S(=O)(c1sccc1Br)N1CC2CCC(O)C2C1. The molecule has 7 heteroatoms. The van der Waals surface area contributed by atoms with Crippen LogP contribution in [0.25, 0.3) is 0 Å². The van der Waals surface area contributed by atoms with Crippen molar-refractivity contribution in [2.24, 2.45) is 11.8 Å². The number of fused-ring (bicyclic) bond motifs is 1. The molecule has 0 aromatic carbocycles. The largest absolute Gasteiger partial charge is 0.393 e. The Morgan fingerprint density at radius 2 is 2.17 bits per heavy atom. The molecule has 1 saturated carbocycles. The van der Waals surface area contributed by atoms with Crippen molar-refractivity contribution in [2.45, 2.75) is 23.2 Å². The van der Waals surface area contributed by atoms with Gasteiger partial charge in [0.1, 0.15) is 4.21 Å². The van der Waals surface area contributed by atoms with Gasteiger partial charge >= 0.3 is 0 Å². The molecule has 1 aromatic rings. The molecule has 2 fully saturated rings. The van der Waals surface area contributed by atoms with Gasteiger partial charge in [0, 0.05) is 23.5 Å². The van der Waals surface area contributed by atoms with Gasteiger partial charge in [0.15, 0.2) is 0 Å². The monoisotopic (exact) mass is 351 g/mol. The Morgan fingerprint density at radius 3 is 2.78 bits per heavy atom. The minimum Gasteiger partial charge on any atom is -0.393 e. The fourth-order valence-corrected chi connectivity index (χ4v) is 6.96. The Labute approximate surface area is 119 Å². The smallest absolute Gasteiger partial charge is 0.253 e. The molecule has 0 bridgehead atoms. The average molecular weight is 352 g/mol. The van der Waals surface area contributed by atoms with Gasteiger partial charge in [-0.2, -0.15) is 4.31 Å². The van der Waals surface area contributed by atoms with Crippen LogP contribution in [0.3, 0.4) is 0 Å². The molecule has 0 spiro atoms. The zero-order valence-corrected chi connectivity index (χ0v) is 12.8. The maximum atomic E-state index is 12.5. The molecule has 3 unspecified atom stereocenters. The van der Waals surface area contributed by atoms with Crippen molar-refractivity contribution in [3.05, 3.63) is 15.9 Å². The molecule has 1 aliphatic carbocycles. The molecule has 1 aromatic heterocycles. The van der Waals surface area contributed by atoms with E-state index in [-0.39, 0.29) is 12.0 Å². The molecule has 2 aliphatic rings. The van der Waals surface area contributed by atoms with Gasteiger partial charge in [0.05, 0.1) is 6.10 Å². The van der Waals surface area contributed by atoms with Gasteiger partial charge < -0.3 is 5.11 Å². The quantitative estimate of drug-likeness (QED) is 0.885. The highest BCUT2D eigenvalue weighted by Gasteiger charge is 2.46. The summed E-state index contributed by atoms with van der Waals surface area (Å²) in [6.07, 6.45) is 1.41. The summed E-state index contributed by atoms with van der Waals surface area (Å²) in [5, 5.41) is 11.6. The summed E-state index contributed by atoms with van der Waals surface area (Å²) >= 11 is 4.51. The van der Waals surface area contributed by atoms with E-state index in [1.54, 1.807) is 11.4 Å². The third kappa shape index (κ3) is 1.96. The summed E-state index contributed by atoms with van der Waals surface area (Å²) in [4.78, 5) is 0. The number of sulfonamides is 1. The van der Waals surface area contributed by atoms with E-state index in [9.17, 15) is 13.5 Å². The average Bonchev–Trinajstić information content (AvgIpc) is 2.96. The highest BCUT2D eigenvalue weighted by Crippen LogP contribution is 2.41. The van der Waals surface area contributed by atoms with Gasteiger partial charge in [-0.15, -0.1) is 11.3 Å². The number of halogens is 1. The topological polar surface area (TPSA) is 57.6 Å². The Balaban J connectivity index is 1.87. The summed E-state index contributed by atoms with van der Waals surface area (Å²) in [6, 6.07) is 1.75. The zero-order chi connectivity index (χ0) is 12.9. The maximum absolute atomic E-state index is 12.5. The van der Waals surface area contributed by atoms with Gasteiger partial charge in [0.2, 0.25) is 0 Å². The lowest BCUT2D eigenvalue weighted by Crippen LogP contribution is -2.30. The lowest BCUT2D eigenvalue weighted by molar-refractivity contribution is 0.129. The molecule has 3 atom stereocenters. The van der Waals surface area contributed by atoms with Crippen molar-refractivity contribution >= 4 is 37.3 Å². The molecule has 1 N–H and O–H groups in total. The zero-order valence-electron chi connectivity index (χ0n) is 9.62. The minimum atomic E-state index is -3.40. The highest BCUT2D eigenvalue weighted by molar-refractivity contribution is 9.10. The third-order valence-electron chi connectivity index (χ3n) is 3.94. The summed E-state index contributed by atoms with van der Waals surface area (Å²) < 4.78 is 27.5. The van der Waals surface area contributed by atoms with Crippen LogP contribution < -0.4 is 0 Å². The highest BCUT2D eigenvalue weighted by atomic mass is 79.9. The number of aliphatic hydroxyl groups is 1. The van der Waals surface area contributed by atoms with E-state index in [1.165, 1.54) is 15.6 Å². The fraction of sp³-hybridized carbons (Fsp3) is 0.636. The van der Waals surface area contributed by atoms with E-state index in [1.807, 2.05) is 0 Å². The number of hydrogen-bond acceptors (Lipinski definition) is 4. The van der Waals surface area contributed by atoms with Crippen molar-refractivity contribution in [1.82, 2.24) is 4.31 Å². The molecule has 0 amide bonds. The maximum Gasteiger partial charge on any atom is 0.253 e. The minimum absolute atomic E-state index is 0.124. The first-order valence-corrected chi connectivity index (χ1v) is 9.02. The van der Waals surface area contributed by atoms with Gasteiger partial charge in [-0.05, 0) is 46.1 Å². The number of nitrogens with zero attached hydrogens (tertiary/aromatic N) is 1. The van der Waals surface area contributed by atoms with Crippen molar-refractivity contribution < 1.29 is 13.5 Å². The first-order valence-electron chi connectivity index (χ1n) is 5.91. The standard InChI is InChI=1S/C11H14BrNO3S2/c12-9-3-4-17-11(9)18(15,16)13-5-7-1-2-10(14)8(7)6-13/h3-4,7-8,10,14H,1-2,5-6H2. The van der Waals surface area contributed by atoms with Crippen molar-refractivity contribution in [3.63, 3.8) is 0 Å². The molecule has 0 radical (unpaired) electrons. The molecular formula is C11H14BrNO3S2. The fourth-order valence-electron chi connectivity index (χ4n) is 2.97. The van der Waals surface area contributed by atoms with Crippen molar-refractivity contribution in [3.8, 4) is 0 Å². The van der Waals surface area contributed by atoms with E-state index in [2.05, 4.69) is 15.9 Å². The van der Waals surface area contributed by atoms with E-state index < -0.39 is 10.0 Å². The van der Waals surface area contributed by atoms with Crippen LogP contribution in [0.5, 0.6) is 0 Å². The summed E-state index contributed by atoms with van der Waals surface area (Å²) in [5.41, 5.74) is 0. The second kappa shape index (κ2) is 4.56. The van der Waals surface area contributed by atoms with E-state index in [0.29, 0.717) is 27.7 Å². The van der Waals surface area contributed by atoms with Gasteiger partial charge in [-0.1, -0.05) is 0 Å². The van der Waals surface area contributed by atoms with E-state index in [0.717, 1.165) is 12.8 Å². The molecule has 100 valence electrons. The van der Waals surface area contributed by atoms with Crippen LogP contribution >= 0.6 is 27.3 Å².